The number of fused-ring (bicyclic) bond motifs is 2. The number of aromatic nitrogens is 1. The molecule has 24 heteroatoms. The first-order chi connectivity index (χ1) is 36.8. The number of para-hydroxylation sites is 1. The van der Waals surface area contributed by atoms with Gasteiger partial charge in [0.25, 0.3) is 0 Å². The van der Waals surface area contributed by atoms with Crippen molar-refractivity contribution < 1.29 is 53.7 Å². The molecular formula is C53H67N11O11S2. The maximum atomic E-state index is 14.8. The highest BCUT2D eigenvalue weighted by atomic mass is 33.1. The molecule has 10 atom stereocenters. The third-order valence-corrected chi connectivity index (χ3v) is 15.3. The van der Waals surface area contributed by atoms with Crippen LogP contribution in [0.5, 0.6) is 5.75 Å². The highest BCUT2D eigenvalue weighted by Crippen LogP contribution is 2.25. The third kappa shape index (κ3) is 16.9. The normalized spacial score (nSPS) is 22.0. The summed E-state index contributed by atoms with van der Waals surface area (Å²) in [5.41, 5.74) is 20.3. The average molecular weight is 1100 g/mol. The predicted molar refractivity (Wildman–Crippen MR) is 293 cm³/mol. The Kier molecular flexibility index (Phi) is 21.6. The minimum absolute atomic E-state index is 0.0119. The Morgan fingerprint density at radius 3 is 2.03 bits per heavy atom. The van der Waals surface area contributed by atoms with Gasteiger partial charge in [0, 0.05) is 41.4 Å². The summed E-state index contributed by atoms with van der Waals surface area (Å²) in [6.45, 7) is 2.67. The smallest absolute Gasteiger partial charge is 0.245 e. The number of hydrogen-bond acceptors (Lipinski definition) is 15. The van der Waals surface area contributed by atoms with E-state index in [1.54, 1.807) is 24.4 Å². The first-order valence-corrected chi connectivity index (χ1v) is 27.6. The van der Waals surface area contributed by atoms with Crippen molar-refractivity contribution in [3.63, 3.8) is 0 Å². The van der Waals surface area contributed by atoms with Crippen molar-refractivity contribution >= 4 is 90.5 Å². The van der Waals surface area contributed by atoms with Crippen molar-refractivity contribution in [3.05, 3.63) is 114 Å². The number of amides is 8. The van der Waals surface area contributed by atoms with E-state index in [0.717, 1.165) is 48.8 Å². The van der Waals surface area contributed by atoms with Crippen LogP contribution in [0.15, 0.2) is 97.2 Å². The van der Waals surface area contributed by atoms with Gasteiger partial charge in [0.05, 0.1) is 18.2 Å². The van der Waals surface area contributed by atoms with Crippen LogP contribution < -0.4 is 54.4 Å². The first-order valence-electron chi connectivity index (χ1n) is 25.1. The van der Waals surface area contributed by atoms with E-state index >= 15 is 0 Å². The molecule has 5 aromatic rings. The quantitative estimate of drug-likeness (QED) is 0.0414. The highest BCUT2D eigenvalue weighted by Gasteiger charge is 2.37. The molecule has 1 aromatic heterocycles. The van der Waals surface area contributed by atoms with Crippen LogP contribution in [0.25, 0.3) is 21.7 Å². The molecule has 1 fully saturated rings. The number of rotatable bonds is 17. The molecule has 8 amide bonds. The molecule has 0 aliphatic carbocycles. The van der Waals surface area contributed by atoms with Crippen LogP contribution in [0.1, 0.15) is 49.8 Å². The number of nitrogens with one attached hydrogen (secondary N) is 8. The van der Waals surface area contributed by atoms with Gasteiger partial charge in [-0.05, 0) is 91.7 Å². The van der Waals surface area contributed by atoms with Gasteiger partial charge in [-0.2, -0.15) is 0 Å². The van der Waals surface area contributed by atoms with E-state index in [1.807, 2.05) is 60.7 Å². The average Bonchev–Trinajstić information content (AvgIpc) is 3.81. The van der Waals surface area contributed by atoms with Crippen LogP contribution in [-0.4, -0.2) is 146 Å². The molecule has 3 unspecified atom stereocenters. The van der Waals surface area contributed by atoms with Gasteiger partial charge in [-0.15, -0.1) is 0 Å². The molecule has 412 valence electrons. The number of aliphatic hydroxyl groups excluding tert-OH is 2. The summed E-state index contributed by atoms with van der Waals surface area (Å²) in [5.74, 6) is -7.89. The Labute approximate surface area is 452 Å². The number of benzene rings is 4. The van der Waals surface area contributed by atoms with E-state index in [-0.39, 0.29) is 49.5 Å². The van der Waals surface area contributed by atoms with Crippen molar-refractivity contribution in [2.75, 3.05) is 18.1 Å². The monoisotopic (exact) mass is 1100 g/mol. The van der Waals surface area contributed by atoms with Crippen LogP contribution >= 0.6 is 21.6 Å². The molecule has 0 saturated carbocycles. The van der Waals surface area contributed by atoms with Gasteiger partial charge in [-0.3, -0.25) is 38.4 Å². The number of H-pyrrole nitrogens is 1. The molecule has 6 rings (SSSR count). The summed E-state index contributed by atoms with van der Waals surface area (Å²) in [4.78, 5) is 116. The second-order valence-corrected chi connectivity index (χ2v) is 21.5. The lowest BCUT2D eigenvalue weighted by Gasteiger charge is -2.29. The Bertz CT molecular complexity index is 2890. The zero-order chi connectivity index (χ0) is 55.8. The van der Waals surface area contributed by atoms with Crippen molar-refractivity contribution in [2.24, 2.45) is 17.2 Å². The van der Waals surface area contributed by atoms with Crippen molar-refractivity contribution in [3.8, 4) is 5.75 Å². The molecule has 17 N–H and O–H groups in total. The van der Waals surface area contributed by atoms with Crippen molar-refractivity contribution in [1.82, 2.24) is 42.2 Å². The molecule has 4 aromatic carbocycles. The van der Waals surface area contributed by atoms with Gasteiger partial charge in [-0.25, -0.2) is 0 Å². The van der Waals surface area contributed by atoms with E-state index in [4.69, 9.17) is 17.2 Å². The summed E-state index contributed by atoms with van der Waals surface area (Å²) < 4.78 is 0. The molecule has 1 aliphatic rings. The van der Waals surface area contributed by atoms with Gasteiger partial charge in [0.15, 0.2) is 0 Å². The molecule has 1 saturated heterocycles. The van der Waals surface area contributed by atoms with Crippen LogP contribution in [0.4, 0.5) is 0 Å². The second-order valence-electron chi connectivity index (χ2n) is 18.9. The number of phenols is 1. The lowest BCUT2D eigenvalue weighted by molar-refractivity contribution is -0.137. The van der Waals surface area contributed by atoms with Crippen LogP contribution in [0.2, 0.25) is 0 Å². The number of aromatic hydroxyl groups is 1. The zero-order valence-electron chi connectivity index (χ0n) is 42.5. The first kappa shape index (κ1) is 59.0. The van der Waals surface area contributed by atoms with E-state index in [0.29, 0.717) is 24.0 Å². The SMILES string of the molecule is C[C@@H](O)C1NC(=O)[C@H](CCCCN)NC(=O)[C@@H](Cc2c[nH]c3ccccc23)NC(=O)C(Cc2ccc(O)cc2)NC(=O)[C@@H](NC(=O)[C@H](N)Cc2ccc3ccccc3c2)CSSCC(C(=O)N[C@H](C(N)=O)[C@@H](C)O)NC1=O. The highest BCUT2D eigenvalue weighted by molar-refractivity contribution is 8.76. The number of phenolic OH excluding ortho intramolecular Hbond substituents is 1. The Balaban J connectivity index is 1.39. The maximum absolute atomic E-state index is 14.8. The minimum atomic E-state index is -1.73. The number of unbranched alkanes of at least 4 members (excludes halogenated alkanes) is 1. The third-order valence-electron chi connectivity index (χ3n) is 12.9. The van der Waals surface area contributed by atoms with Gasteiger partial charge in [0.1, 0.15) is 48.0 Å². The van der Waals surface area contributed by atoms with Crippen LogP contribution in [0, 0.1) is 0 Å². The fourth-order valence-electron chi connectivity index (χ4n) is 8.58. The number of nitrogens with two attached hydrogens (primary N) is 3. The number of aliphatic hydroxyl groups is 2. The fourth-order valence-corrected chi connectivity index (χ4v) is 10.9. The van der Waals surface area contributed by atoms with Crippen molar-refractivity contribution in [1.29, 1.82) is 0 Å². The Morgan fingerprint density at radius 1 is 0.714 bits per heavy atom. The number of carbonyl (C=O) groups is 8. The molecule has 1 aliphatic heterocycles. The van der Waals surface area contributed by atoms with E-state index in [1.165, 1.54) is 26.0 Å². The number of primary amides is 1. The summed E-state index contributed by atoms with van der Waals surface area (Å²) >= 11 is 0. The second kappa shape index (κ2) is 28.2. The molecular weight excluding hydrogens is 1030 g/mol. The molecule has 0 spiro atoms. The number of hydrogen-bond donors (Lipinski definition) is 14. The van der Waals surface area contributed by atoms with Gasteiger partial charge in [0.2, 0.25) is 47.3 Å². The van der Waals surface area contributed by atoms with Gasteiger partial charge in [-0.1, -0.05) is 94.4 Å². The number of carbonyl (C=O) groups excluding carboxylic acids is 8. The molecule has 0 bridgehead atoms. The van der Waals surface area contributed by atoms with E-state index in [2.05, 4.69) is 42.2 Å². The van der Waals surface area contributed by atoms with Crippen LogP contribution in [0.3, 0.4) is 0 Å². The predicted octanol–water partition coefficient (Wildman–Crippen LogP) is -0.454. The van der Waals surface area contributed by atoms with E-state index < -0.39 is 108 Å². The lowest BCUT2D eigenvalue weighted by atomic mass is 10.0. The van der Waals surface area contributed by atoms with Gasteiger partial charge >= 0.3 is 0 Å². The molecule has 0 radical (unpaired) electrons. The van der Waals surface area contributed by atoms with Crippen molar-refractivity contribution in [2.45, 2.75) is 113 Å². The fraction of sp³-hybridized carbons (Fsp3) is 0.396. The summed E-state index contributed by atoms with van der Waals surface area (Å²) in [6.07, 6.45) is -0.877. The molecule has 22 nitrogen and oxygen atoms in total. The standard InChI is InChI=1S/C53H67N11O11S2/c1-28(65)44(46(56)68)63-52(74)43-27-77-76-26-42(61-47(69)37(55)22-31-14-17-32-9-3-4-10-33(32)21-31)51(73)59-40(23-30-15-18-35(67)19-16-30)49(71)60-41(24-34-25-57-38-12-6-5-11-36(34)38)50(72)58-39(13-7-8-20-54)48(70)64-45(29(2)66)53(75)62-43/h3-6,9-12,14-19,21,25,28-29,37,39-45,57,65-67H,7-8,13,20,22-24,26-27,54-55H2,1-2H3,(H2,56,68)(H,58,72)(H,59,73)(H,60,71)(H,61,69)(H,62,75)(H,63,74)(H,64,70)/t28-,29-,37-,39+,40?,41-,42+,43?,44+,45?/m1/s1. The van der Waals surface area contributed by atoms with E-state index in [9.17, 15) is 53.7 Å². The van der Waals surface area contributed by atoms with Gasteiger partial charge < -0.3 is 74.7 Å². The topological polar surface area (TPSA) is 375 Å². The lowest BCUT2D eigenvalue weighted by Crippen LogP contribution is -2.62. The van der Waals surface area contributed by atoms with Crippen LogP contribution in [-0.2, 0) is 57.6 Å². The summed E-state index contributed by atoms with van der Waals surface area (Å²) in [7, 11) is 1.92. The summed E-state index contributed by atoms with van der Waals surface area (Å²) in [6, 6.07) is 14.7. The minimum Gasteiger partial charge on any atom is -0.508 e. The number of aromatic amines is 1. The maximum Gasteiger partial charge on any atom is 0.245 e. The Hall–Kier alpha value is -7.22. The zero-order valence-corrected chi connectivity index (χ0v) is 44.2. The largest absolute Gasteiger partial charge is 0.508 e. The molecule has 77 heavy (non-hydrogen) atoms. The molecule has 2 heterocycles. The summed E-state index contributed by atoms with van der Waals surface area (Å²) in [5, 5.41) is 52.3. The Morgan fingerprint density at radius 2 is 1.34 bits per heavy atom.